The third kappa shape index (κ3) is 72.0. The lowest BCUT2D eigenvalue weighted by molar-refractivity contribution is -0.197. The molecule has 4 amide bonds. The molecule has 544 valence electrons. The van der Waals surface area contributed by atoms with Gasteiger partial charge in [-0.2, -0.15) is 0 Å². The molecule has 1 heterocycles. The zero-order chi connectivity index (χ0) is 67.0. The molecule has 1 rings (SSSR count). The van der Waals surface area contributed by atoms with E-state index in [1.165, 1.54) is 200 Å². The summed E-state index contributed by atoms with van der Waals surface area (Å²) in [7, 11) is 1.70. The number of hydroxylamine groups is 2. The van der Waals surface area contributed by atoms with E-state index in [1.807, 2.05) is 0 Å². The Bertz CT molecular complexity index is 1770. The van der Waals surface area contributed by atoms with Crippen LogP contribution in [0.1, 0.15) is 351 Å². The Labute approximate surface area is 576 Å². The summed E-state index contributed by atoms with van der Waals surface area (Å²) in [6.45, 7) is 8.02. The molecular weight excluding hydrogens is 1210 g/mol. The first kappa shape index (κ1) is 96.8. The second-order valence-electron chi connectivity index (χ2n) is 24.0. The van der Waals surface area contributed by atoms with Crippen molar-refractivity contribution in [1.82, 2.24) is 15.7 Å². The molecule has 1 fully saturated rings. The lowest BCUT2D eigenvalue weighted by atomic mass is 10.1. The van der Waals surface area contributed by atoms with Crippen molar-refractivity contribution in [2.45, 2.75) is 361 Å². The van der Waals surface area contributed by atoms with Gasteiger partial charge in [0.2, 0.25) is 11.8 Å². The van der Waals surface area contributed by atoms with Crippen LogP contribution in [0.4, 0.5) is 4.39 Å². The Hall–Kier alpha value is -3.86. The number of carbonyl (C=O) groups is 7. The van der Waals surface area contributed by atoms with Gasteiger partial charge >= 0.3 is 17.9 Å². The van der Waals surface area contributed by atoms with E-state index in [9.17, 15) is 38.0 Å². The van der Waals surface area contributed by atoms with Gasteiger partial charge in [-0.25, -0.2) is 9.59 Å². The largest absolute Gasteiger partial charge is 0.468 e. The van der Waals surface area contributed by atoms with Gasteiger partial charge in [-0.05, 0) is 135 Å². The van der Waals surface area contributed by atoms with E-state index in [0.29, 0.717) is 43.8 Å². The fourth-order valence-corrected chi connectivity index (χ4v) is 10.1. The number of unbranched alkanes of at least 4 members (excludes halogenated alkanes) is 35. The first-order valence-electron chi connectivity index (χ1n) is 36.6. The van der Waals surface area contributed by atoms with E-state index < -0.39 is 43.0 Å². The van der Waals surface area contributed by atoms with Crippen LogP contribution in [0.15, 0.2) is 36.5 Å². The van der Waals surface area contributed by atoms with Gasteiger partial charge in [-0.15, -0.1) is 29.9 Å². The van der Waals surface area contributed by atoms with Crippen LogP contribution in [0.5, 0.6) is 0 Å². The number of esters is 2. The highest BCUT2D eigenvalue weighted by Gasteiger charge is 2.32. The highest BCUT2D eigenvalue weighted by atomic mass is 35.5. The summed E-state index contributed by atoms with van der Waals surface area (Å²) in [4.78, 5) is 86.8. The Morgan fingerprint density at radius 2 is 0.815 bits per heavy atom. The van der Waals surface area contributed by atoms with E-state index in [2.05, 4.69) is 72.6 Å². The molecule has 1 aliphatic rings. The number of carbonyl (C=O) groups excluding carboxylic acids is 7. The molecule has 2 unspecified atom stereocenters. The summed E-state index contributed by atoms with van der Waals surface area (Å²) < 4.78 is 24.9. The second kappa shape index (κ2) is 81.4. The van der Waals surface area contributed by atoms with Crippen LogP contribution < -0.4 is 22.1 Å². The number of imide groups is 1. The monoisotopic (exact) mass is 1350 g/mol. The minimum Gasteiger partial charge on any atom is -0.468 e. The van der Waals surface area contributed by atoms with E-state index in [0.717, 1.165) is 89.9 Å². The molecule has 2 atom stereocenters. The van der Waals surface area contributed by atoms with Crippen LogP contribution >= 0.6 is 24.8 Å². The SMILES string of the molecule is C.CCCCCCCC/C=C\CCCCCCCC(=O)NCCCCC(NC(=O)CCCCCCC/C=C\CCCCCCCC)C(=O)OC.CCCCCCCC/C=C\CCCCCCCC(=O)ON1C(=O)CCC1=O.COC(=O)C(N)CCCCN.Cl.Cl.[2H]CF. The molecule has 0 bridgehead atoms. The molecule has 0 spiro atoms. The number of nitrogens with one attached hydrogen (secondary N) is 2. The van der Waals surface area contributed by atoms with Crippen LogP contribution in [0, 0.1) is 0 Å². The van der Waals surface area contributed by atoms with E-state index in [1.54, 1.807) is 0 Å². The molecule has 15 nitrogen and oxygen atoms in total. The zero-order valence-corrected chi connectivity index (χ0v) is 60.1. The van der Waals surface area contributed by atoms with Crippen molar-refractivity contribution < 1.29 is 53.6 Å². The Balaban J connectivity index is -0.000000358. The standard InChI is InChI=1S/C43H80N2O4.C22H37NO4.C7H16N2O2.CH3F.CH4.2ClH/c1-4-6-8-10-12-14-16-18-20-22-24-26-28-30-32-37-41(46)44-39-35-34-36-40(43(48)49-3)45-42(47)38-33-31-29-27-25-23-21-19-17-15-13-11-9-7-5-2;1-2-3-4-5-6-7-8-9-10-11-12-13-14-15-16-17-22(26)27-23-20(24)18-19-21(23)25;1-11-7(10)6(9)4-2-3-5-8;1-2;;;/h18-21,40H,4-17,22-39H2,1-3H3,(H,44,46)(H,45,47);9-10H,2-8,11-19H2,1H3;6H,2-5,8-9H2,1H3;1H3;1H4;2*1H/b20-18-,21-19-;10-9-;;;;;/i;;;1D;;;. The summed E-state index contributed by atoms with van der Waals surface area (Å²) >= 11 is 0. The lowest BCUT2D eigenvalue weighted by Crippen LogP contribution is -2.41. The Morgan fingerprint density at radius 3 is 1.17 bits per heavy atom. The van der Waals surface area contributed by atoms with E-state index in [-0.39, 0.29) is 69.3 Å². The minimum absolute atomic E-state index is 0. The van der Waals surface area contributed by atoms with Crippen LogP contribution in [-0.4, -0.2) is 93.1 Å². The van der Waals surface area contributed by atoms with Gasteiger partial charge in [0.1, 0.15) is 12.1 Å². The molecule has 1 saturated heterocycles. The molecule has 0 saturated carbocycles. The fraction of sp³-hybridized carbons (Fsp3) is 0.824. The average Bonchev–Trinajstić information content (AvgIpc) is 2.18. The molecule has 1 aliphatic heterocycles. The molecule has 18 heteroatoms. The molecule has 0 aromatic carbocycles. The molecule has 92 heavy (non-hydrogen) atoms. The van der Waals surface area contributed by atoms with Crippen LogP contribution in [0.3, 0.4) is 0 Å². The van der Waals surface area contributed by atoms with Crippen molar-refractivity contribution in [3.05, 3.63) is 36.5 Å². The number of alkyl halides is 1. The number of halogens is 3. The van der Waals surface area contributed by atoms with Gasteiger partial charge in [0, 0.05) is 38.6 Å². The number of hydrogen-bond donors (Lipinski definition) is 4. The first-order chi connectivity index (χ1) is 43.8. The van der Waals surface area contributed by atoms with Gasteiger partial charge in [0.05, 0.1) is 22.7 Å². The van der Waals surface area contributed by atoms with Crippen molar-refractivity contribution in [2.24, 2.45) is 11.5 Å². The van der Waals surface area contributed by atoms with Gasteiger partial charge in [0.25, 0.3) is 11.8 Å². The molecule has 0 aromatic heterocycles. The molecule has 6 N–H and O–H groups in total. The fourth-order valence-electron chi connectivity index (χ4n) is 10.1. The molecule has 0 aromatic rings. The maximum Gasteiger partial charge on any atom is 0.333 e. The highest BCUT2D eigenvalue weighted by Crippen LogP contribution is 2.17. The van der Waals surface area contributed by atoms with Crippen LogP contribution in [0.25, 0.3) is 0 Å². The van der Waals surface area contributed by atoms with Crippen molar-refractivity contribution in [3.8, 4) is 0 Å². The van der Waals surface area contributed by atoms with Crippen molar-refractivity contribution >= 4 is 66.4 Å². The third-order valence-corrected chi connectivity index (χ3v) is 15.7. The van der Waals surface area contributed by atoms with Crippen molar-refractivity contribution in [2.75, 3.05) is 34.5 Å². The van der Waals surface area contributed by atoms with Gasteiger partial charge < -0.3 is 36.4 Å². The van der Waals surface area contributed by atoms with Crippen LogP contribution in [-0.2, 0) is 47.9 Å². The number of amides is 4. The molecule has 0 radical (unpaired) electrons. The molecule has 0 aliphatic carbocycles. The first-order valence-corrected chi connectivity index (χ1v) is 35.9. The van der Waals surface area contributed by atoms with Crippen molar-refractivity contribution in [1.29, 1.82) is 0 Å². The number of rotatable bonds is 58. The number of nitrogens with zero attached hydrogens (tertiary/aromatic N) is 1. The van der Waals surface area contributed by atoms with Gasteiger partial charge in [-0.3, -0.25) is 28.4 Å². The summed E-state index contributed by atoms with van der Waals surface area (Å²) in [6.07, 6.45) is 67.8. The molecular formula is C74H142Cl2FN5O10. The normalized spacial score (nSPS) is 12.4. The Morgan fingerprint density at radius 1 is 0.489 bits per heavy atom. The van der Waals surface area contributed by atoms with Gasteiger partial charge in [-0.1, -0.05) is 225 Å². The number of nitrogens with two attached hydrogens (primary N) is 2. The number of methoxy groups -OCH3 is 2. The minimum atomic E-state index is -1.00. The summed E-state index contributed by atoms with van der Waals surface area (Å²) in [5, 5.41) is 6.51. The number of hydrogen-bond acceptors (Lipinski definition) is 12. The van der Waals surface area contributed by atoms with Crippen LogP contribution in [0.2, 0.25) is 0 Å². The van der Waals surface area contributed by atoms with Crippen molar-refractivity contribution in [3.63, 3.8) is 0 Å². The van der Waals surface area contributed by atoms with E-state index in [4.69, 9.17) is 22.4 Å². The predicted octanol–water partition coefficient (Wildman–Crippen LogP) is 19.3. The maximum atomic E-state index is 12.5. The lowest BCUT2D eigenvalue weighted by Gasteiger charge is -2.16. The number of allylic oxidation sites excluding steroid dienone is 6. The van der Waals surface area contributed by atoms with E-state index >= 15 is 0 Å². The maximum absolute atomic E-state index is 12.5. The third-order valence-electron chi connectivity index (χ3n) is 15.7. The number of ether oxygens (including phenoxy) is 2. The summed E-state index contributed by atoms with van der Waals surface area (Å²) in [5.74, 6) is -2.04. The second-order valence-corrected chi connectivity index (χ2v) is 24.0. The predicted molar refractivity (Wildman–Crippen MR) is 387 cm³/mol. The highest BCUT2D eigenvalue weighted by molar-refractivity contribution is 6.01. The summed E-state index contributed by atoms with van der Waals surface area (Å²) in [5.41, 5.74) is 10.7. The topological polar surface area (TPSA) is 227 Å². The summed E-state index contributed by atoms with van der Waals surface area (Å²) in [6, 6.07) is -1.10. The smallest absolute Gasteiger partial charge is 0.333 e. The van der Waals surface area contributed by atoms with Gasteiger partial charge in [0.15, 0.2) is 0 Å². The zero-order valence-electron chi connectivity index (χ0n) is 59.5. The average molecular weight is 1350 g/mol. The Kier molecular flexibility index (Phi) is 85.6. The quantitative estimate of drug-likeness (QED) is 0.0193.